The molecule has 0 amide bonds. The van der Waals surface area contributed by atoms with E-state index in [2.05, 4.69) is 0 Å². The molecule has 0 aliphatic carbocycles. The molecule has 0 aliphatic heterocycles. The van der Waals surface area contributed by atoms with E-state index in [-0.39, 0.29) is 0 Å². The second-order valence-corrected chi connectivity index (χ2v) is 2.72. The molecule has 2 heteroatoms. The van der Waals surface area contributed by atoms with Crippen molar-refractivity contribution in [3.8, 4) is 0 Å². The highest BCUT2D eigenvalue weighted by Gasteiger charge is 2.10. The molecule has 0 spiro atoms. The van der Waals surface area contributed by atoms with E-state index in [4.69, 9.17) is 0 Å². The second-order valence-electron chi connectivity index (χ2n) is 2.72. The van der Waals surface area contributed by atoms with Crippen molar-refractivity contribution in [2.24, 2.45) is 0 Å². The summed E-state index contributed by atoms with van der Waals surface area (Å²) in [5, 5.41) is 0. The van der Waals surface area contributed by atoms with Crippen LogP contribution in [0.1, 0.15) is 25.0 Å². The van der Waals surface area contributed by atoms with E-state index < -0.39 is 11.6 Å². The number of halogens is 2. The zero-order valence-corrected chi connectivity index (χ0v) is 7.32. The maximum atomic E-state index is 13.1. The topological polar surface area (TPSA) is 0 Å². The van der Waals surface area contributed by atoms with Crippen molar-refractivity contribution in [1.82, 2.24) is 0 Å². The molecule has 0 unspecified atom stereocenters. The van der Waals surface area contributed by atoms with Gasteiger partial charge < -0.3 is 0 Å². The van der Waals surface area contributed by atoms with E-state index in [0.717, 1.165) is 0 Å². The molecule has 0 bridgehead atoms. The molecule has 0 radical (unpaired) electrons. The molecule has 0 nitrogen and oxygen atoms in total. The summed E-state index contributed by atoms with van der Waals surface area (Å²) in [6, 6.07) is 3.30. The largest absolute Gasteiger partial charge is 0.203 e. The van der Waals surface area contributed by atoms with Crippen LogP contribution in [0.4, 0.5) is 8.78 Å². The highest BCUT2D eigenvalue weighted by atomic mass is 19.2. The van der Waals surface area contributed by atoms with Gasteiger partial charge >= 0.3 is 0 Å². The summed E-state index contributed by atoms with van der Waals surface area (Å²) >= 11 is 0. The van der Waals surface area contributed by atoms with Crippen LogP contribution in [0.15, 0.2) is 12.1 Å². The molecule has 1 aromatic rings. The van der Waals surface area contributed by atoms with Gasteiger partial charge in [-0.25, -0.2) is 8.78 Å². The highest BCUT2D eigenvalue weighted by molar-refractivity contribution is 5.26. The Labute approximate surface area is 71.2 Å². The summed E-state index contributed by atoms with van der Waals surface area (Å²) in [5.41, 5.74) is 0.898. The molecule has 0 N–H and O–H groups in total. The lowest BCUT2D eigenvalue weighted by atomic mass is 10.1. The Morgan fingerprint density at radius 1 is 0.917 bits per heavy atom. The summed E-state index contributed by atoms with van der Waals surface area (Å²) in [6.45, 7) is 3.62. The Hall–Kier alpha value is -0.920. The molecule has 0 saturated heterocycles. The molecule has 1 aromatic carbocycles. The van der Waals surface area contributed by atoms with Crippen molar-refractivity contribution in [3.05, 3.63) is 34.9 Å². The molecule has 0 saturated carbocycles. The van der Waals surface area contributed by atoms with Gasteiger partial charge in [0, 0.05) is 0 Å². The van der Waals surface area contributed by atoms with Crippen LogP contribution in [0.3, 0.4) is 0 Å². The Morgan fingerprint density at radius 3 is 1.50 bits per heavy atom. The first kappa shape index (κ1) is 9.17. The van der Waals surface area contributed by atoms with Gasteiger partial charge in [0.15, 0.2) is 11.6 Å². The third kappa shape index (κ3) is 1.47. The fraction of sp³-hybridized carbons (Fsp3) is 0.400. The van der Waals surface area contributed by atoms with Gasteiger partial charge in [0.05, 0.1) is 0 Å². The molecule has 1 rings (SSSR count). The molecule has 0 heterocycles. The minimum atomic E-state index is -0.683. The zero-order valence-electron chi connectivity index (χ0n) is 7.32. The first-order chi connectivity index (χ1) is 5.70. The lowest BCUT2D eigenvalue weighted by Gasteiger charge is -2.04. The second kappa shape index (κ2) is 3.65. The van der Waals surface area contributed by atoms with E-state index in [1.807, 2.05) is 13.8 Å². The molecular weight excluding hydrogens is 158 g/mol. The Morgan fingerprint density at radius 2 is 1.25 bits per heavy atom. The smallest absolute Gasteiger partial charge is 0.162 e. The monoisotopic (exact) mass is 170 g/mol. The summed E-state index contributed by atoms with van der Waals surface area (Å²) in [7, 11) is 0. The number of hydrogen-bond acceptors (Lipinski definition) is 0. The molecular formula is C10H12F2. The van der Waals surface area contributed by atoms with Crippen LogP contribution >= 0.6 is 0 Å². The van der Waals surface area contributed by atoms with Crippen LogP contribution < -0.4 is 0 Å². The number of aryl methyl sites for hydroxylation is 2. The van der Waals surface area contributed by atoms with Gasteiger partial charge in [0.2, 0.25) is 0 Å². The van der Waals surface area contributed by atoms with Crippen LogP contribution in [0.25, 0.3) is 0 Å². The predicted octanol–water partition coefficient (Wildman–Crippen LogP) is 3.09. The van der Waals surface area contributed by atoms with Crippen molar-refractivity contribution in [3.63, 3.8) is 0 Å². The van der Waals surface area contributed by atoms with Crippen molar-refractivity contribution >= 4 is 0 Å². The van der Waals surface area contributed by atoms with Crippen molar-refractivity contribution in [2.75, 3.05) is 0 Å². The Bertz CT molecular complexity index is 250. The molecule has 12 heavy (non-hydrogen) atoms. The molecule has 66 valence electrons. The van der Waals surface area contributed by atoms with Gasteiger partial charge in [0.25, 0.3) is 0 Å². The zero-order chi connectivity index (χ0) is 9.14. The quantitative estimate of drug-likeness (QED) is 0.639. The summed E-state index contributed by atoms with van der Waals surface area (Å²) < 4.78 is 26.1. The van der Waals surface area contributed by atoms with Crippen LogP contribution in [-0.2, 0) is 12.8 Å². The normalized spacial score (nSPS) is 10.3. The minimum Gasteiger partial charge on any atom is -0.203 e. The van der Waals surface area contributed by atoms with Crippen LogP contribution in [0, 0.1) is 11.6 Å². The maximum Gasteiger partial charge on any atom is 0.162 e. The summed E-state index contributed by atoms with van der Waals surface area (Å²) in [6.07, 6.45) is 1.07. The van der Waals surface area contributed by atoms with E-state index in [1.54, 1.807) is 12.1 Å². The van der Waals surface area contributed by atoms with E-state index in [9.17, 15) is 8.78 Å². The Balaban J connectivity index is 3.20. The minimum absolute atomic E-state index is 0.449. The molecule has 0 aromatic heterocycles. The van der Waals surface area contributed by atoms with Gasteiger partial charge in [-0.1, -0.05) is 26.0 Å². The summed E-state index contributed by atoms with van der Waals surface area (Å²) in [4.78, 5) is 0. The standard InChI is InChI=1S/C10H12F2/c1-3-7-5-6-8(4-2)10(12)9(7)11/h5-6H,3-4H2,1-2H3. The number of rotatable bonds is 2. The summed E-state index contributed by atoms with van der Waals surface area (Å²) in [5.74, 6) is -1.37. The van der Waals surface area contributed by atoms with Gasteiger partial charge in [-0.05, 0) is 24.0 Å². The van der Waals surface area contributed by atoms with Gasteiger partial charge in [-0.3, -0.25) is 0 Å². The van der Waals surface area contributed by atoms with E-state index in [0.29, 0.717) is 24.0 Å². The lowest BCUT2D eigenvalue weighted by Crippen LogP contribution is -1.97. The predicted molar refractivity (Wildman–Crippen MR) is 45.1 cm³/mol. The lowest BCUT2D eigenvalue weighted by molar-refractivity contribution is 0.491. The van der Waals surface area contributed by atoms with Crippen molar-refractivity contribution in [2.45, 2.75) is 26.7 Å². The average molecular weight is 170 g/mol. The highest BCUT2D eigenvalue weighted by Crippen LogP contribution is 2.16. The van der Waals surface area contributed by atoms with Crippen LogP contribution in [-0.4, -0.2) is 0 Å². The average Bonchev–Trinajstić information content (AvgIpc) is 2.10. The molecule has 0 aliphatic rings. The SMILES string of the molecule is CCc1ccc(CC)c(F)c1F. The number of hydrogen-bond donors (Lipinski definition) is 0. The third-order valence-electron chi connectivity index (χ3n) is 2.00. The molecule has 0 fully saturated rings. The molecule has 0 atom stereocenters. The first-order valence-electron chi connectivity index (χ1n) is 4.16. The first-order valence-corrected chi connectivity index (χ1v) is 4.16. The van der Waals surface area contributed by atoms with E-state index in [1.165, 1.54) is 0 Å². The van der Waals surface area contributed by atoms with Gasteiger partial charge in [0.1, 0.15) is 0 Å². The van der Waals surface area contributed by atoms with Crippen molar-refractivity contribution in [1.29, 1.82) is 0 Å². The van der Waals surface area contributed by atoms with Gasteiger partial charge in [-0.2, -0.15) is 0 Å². The maximum absolute atomic E-state index is 13.1. The fourth-order valence-electron chi connectivity index (χ4n) is 1.18. The van der Waals surface area contributed by atoms with Crippen LogP contribution in [0.2, 0.25) is 0 Å². The Kier molecular flexibility index (Phi) is 2.79. The van der Waals surface area contributed by atoms with Gasteiger partial charge in [-0.15, -0.1) is 0 Å². The van der Waals surface area contributed by atoms with Crippen LogP contribution in [0.5, 0.6) is 0 Å². The third-order valence-corrected chi connectivity index (χ3v) is 2.00. The van der Waals surface area contributed by atoms with E-state index >= 15 is 0 Å². The number of benzene rings is 1. The van der Waals surface area contributed by atoms with Crippen molar-refractivity contribution < 1.29 is 8.78 Å². The fourth-order valence-corrected chi connectivity index (χ4v) is 1.18.